The minimum absolute atomic E-state index is 0.0480. The minimum atomic E-state index is -0.971. The molecule has 0 bridgehead atoms. The van der Waals surface area contributed by atoms with Crippen molar-refractivity contribution in [2.24, 2.45) is 28.6 Å². The van der Waals surface area contributed by atoms with Gasteiger partial charge in [-0.15, -0.1) is 0 Å². The van der Waals surface area contributed by atoms with Gasteiger partial charge in [-0.25, -0.2) is 9.37 Å². The van der Waals surface area contributed by atoms with Crippen molar-refractivity contribution in [3.63, 3.8) is 0 Å². The molecule has 4 aliphatic rings. The third kappa shape index (κ3) is 2.31. The number of para-hydroxylation sites is 2. The molecule has 0 amide bonds. The first kappa shape index (κ1) is 18.5. The SMILES string of the molecule is C[C@]12CCC(=O)C=C1[C@H](F)C[C@@H]1[C@@H]2CC[C@]2(C)C(n3cnc4ccccc43)=CC[C@@H]12. The third-order valence-corrected chi connectivity index (χ3v) is 9.19. The van der Waals surface area contributed by atoms with Gasteiger partial charge in [0.05, 0.1) is 11.0 Å². The first-order valence-electron chi connectivity index (χ1n) is 11.4. The second kappa shape index (κ2) is 6.15. The predicted octanol–water partition coefficient (Wildman–Crippen LogP) is 5.97. The maximum Gasteiger partial charge on any atom is 0.155 e. The highest BCUT2D eigenvalue weighted by Gasteiger charge is 2.59. The number of imidazole rings is 1. The number of alkyl halides is 1. The number of fused-ring (bicyclic) bond motifs is 6. The summed E-state index contributed by atoms with van der Waals surface area (Å²) >= 11 is 0. The van der Waals surface area contributed by atoms with Gasteiger partial charge in [0.15, 0.2) is 5.78 Å². The molecular formula is C26H29FN2O. The van der Waals surface area contributed by atoms with E-state index in [2.05, 4.69) is 47.7 Å². The number of benzene rings is 1. The molecule has 0 aliphatic heterocycles. The summed E-state index contributed by atoms with van der Waals surface area (Å²) < 4.78 is 17.7. The van der Waals surface area contributed by atoms with Crippen LogP contribution in [0.15, 0.2) is 48.3 Å². The Labute approximate surface area is 177 Å². The first-order chi connectivity index (χ1) is 14.4. The van der Waals surface area contributed by atoms with Crippen LogP contribution in [0.4, 0.5) is 4.39 Å². The molecule has 4 aliphatic carbocycles. The zero-order valence-corrected chi connectivity index (χ0v) is 17.8. The Bertz CT molecular complexity index is 1110. The molecule has 2 saturated carbocycles. The Morgan fingerprint density at radius 2 is 1.97 bits per heavy atom. The smallest absolute Gasteiger partial charge is 0.155 e. The lowest BCUT2D eigenvalue weighted by Gasteiger charge is -2.58. The fraction of sp³-hybridized carbons (Fsp3) is 0.538. The van der Waals surface area contributed by atoms with E-state index >= 15 is 4.39 Å². The number of halogens is 1. The summed E-state index contributed by atoms with van der Waals surface area (Å²) in [5.74, 6) is 1.43. The van der Waals surface area contributed by atoms with Crippen LogP contribution in [0.3, 0.4) is 0 Å². The first-order valence-corrected chi connectivity index (χ1v) is 11.4. The lowest BCUT2D eigenvalue weighted by Crippen LogP contribution is -2.52. The van der Waals surface area contributed by atoms with Gasteiger partial charge in [-0.1, -0.05) is 32.1 Å². The third-order valence-electron chi connectivity index (χ3n) is 9.19. The molecule has 0 saturated heterocycles. The normalized spacial score (nSPS) is 40.4. The van der Waals surface area contributed by atoms with Crippen molar-refractivity contribution >= 4 is 22.5 Å². The summed E-state index contributed by atoms with van der Waals surface area (Å²) in [5.41, 5.74) is 4.22. The molecule has 2 aromatic rings. The molecule has 30 heavy (non-hydrogen) atoms. The van der Waals surface area contributed by atoms with Gasteiger partial charge in [0.2, 0.25) is 0 Å². The van der Waals surface area contributed by atoms with Crippen molar-refractivity contribution in [3.05, 3.63) is 48.3 Å². The van der Waals surface area contributed by atoms with E-state index in [1.165, 1.54) is 5.70 Å². The van der Waals surface area contributed by atoms with Crippen LogP contribution in [0.5, 0.6) is 0 Å². The Hall–Kier alpha value is -2.23. The molecule has 4 heteroatoms. The van der Waals surface area contributed by atoms with Crippen LogP contribution in [0.2, 0.25) is 0 Å². The molecule has 0 spiro atoms. The van der Waals surface area contributed by atoms with Gasteiger partial charge < -0.3 is 4.57 Å². The highest BCUT2D eigenvalue weighted by molar-refractivity contribution is 5.92. The van der Waals surface area contributed by atoms with Crippen molar-refractivity contribution in [2.45, 2.75) is 58.5 Å². The van der Waals surface area contributed by atoms with Crippen molar-refractivity contribution in [2.75, 3.05) is 0 Å². The second-order valence-corrected chi connectivity index (χ2v) is 10.4. The monoisotopic (exact) mass is 404 g/mol. The Kier molecular flexibility index (Phi) is 3.80. The lowest BCUT2D eigenvalue weighted by atomic mass is 9.47. The topological polar surface area (TPSA) is 34.9 Å². The standard InChI is InChI=1S/C26H29FN2O/c1-25-11-9-16(30)13-20(25)21(27)14-17-18-7-8-24(26(18,2)12-10-19(17)25)29-15-28-22-5-3-4-6-23(22)29/h3-6,8,13,15,17-19,21H,7,9-12,14H2,1-2H3/t17-,18-,19-,21+,25+,26-/m0/s1. The average Bonchev–Trinajstić information content (AvgIpc) is 3.30. The van der Waals surface area contributed by atoms with Crippen molar-refractivity contribution in [1.82, 2.24) is 9.55 Å². The quantitative estimate of drug-likeness (QED) is 0.587. The number of hydrogen-bond acceptors (Lipinski definition) is 2. The molecule has 6 rings (SSSR count). The van der Waals surface area contributed by atoms with E-state index in [9.17, 15) is 4.79 Å². The van der Waals surface area contributed by atoms with Gasteiger partial charge in [0, 0.05) is 17.5 Å². The van der Waals surface area contributed by atoms with Gasteiger partial charge in [0.1, 0.15) is 12.5 Å². The molecule has 3 nitrogen and oxygen atoms in total. The summed E-state index contributed by atoms with van der Waals surface area (Å²) in [7, 11) is 0. The van der Waals surface area contributed by atoms with Gasteiger partial charge >= 0.3 is 0 Å². The van der Waals surface area contributed by atoms with Gasteiger partial charge in [0.25, 0.3) is 0 Å². The number of nitrogens with zero attached hydrogens (tertiary/aromatic N) is 2. The van der Waals surface area contributed by atoms with Crippen molar-refractivity contribution in [1.29, 1.82) is 0 Å². The van der Waals surface area contributed by atoms with Crippen LogP contribution >= 0.6 is 0 Å². The molecule has 1 aromatic heterocycles. The zero-order chi connectivity index (χ0) is 20.7. The molecule has 2 fully saturated rings. The zero-order valence-electron chi connectivity index (χ0n) is 17.8. The minimum Gasteiger partial charge on any atom is -0.302 e. The Morgan fingerprint density at radius 1 is 1.13 bits per heavy atom. The molecule has 6 atom stereocenters. The Morgan fingerprint density at radius 3 is 2.83 bits per heavy atom. The van der Waals surface area contributed by atoms with Gasteiger partial charge in [-0.2, -0.15) is 0 Å². The summed E-state index contributed by atoms with van der Waals surface area (Å²) in [4.78, 5) is 16.6. The number of rotatable bonds is 1. The number of carbonyl (C=O) groups excluding carboxylic acids is 1. The van der Waals surface area contributed by atoms with Crippen LogP contribution < -0.4 is 0 Å². The van der Waals surface area contributed by atoms with E-state index in [1.807, 2.05) is 12.4 Å². The van der Waals surface area contributed by atoms with Gasteiger partial charge in [-0.3, -0.25) is 4.79 Å². The summed E-state index contributed by atoms with van der Waals surface area (Å²) in [6.07, 6.45) is 10.2. The number of carbonyl (C=O) groups is 1. The molecule has 1 aromatic carbocycles. The van der Waals surface area contributed by atoms with Gasteiger partial charge in [-0.05, 0) is 79.1 Å². The van der Waals surface area contributed by atoms with E-state index < -0.39 is 6.17 Å². The number of allylic oxidation sites excluding steroid dienone is 4. The van der Waals surface area contributed by atoms with Crippen LogP contribution in [0, 0.1) is 28.6 Å². The van der Waals surface area contributed by atoms with E-state index in [0.717, 1.165) is 42.3 Å². The highest BCUT2D eigenvalue weighted by Crippen LogP contribution is 2.66. The van der Waals surface area contributed by atoms with Crippen LogP contribution in [-0.4, -0.2) is 21.5 Å². The van der Waals surface area contributed by atoms with Crippen LogP contribution in [0.25, 0.3) is 16.7 Å². The van der Waals surface area contributed by atoms with E-state index in [-0.39, 0.29) is 16.6 Å². The largest absolute Gasteiger partial charge is 0.302 e. The second-order valence-electron chi connectivity index (χ2n) is 10.4. The molecular weight excluding hydrogens is 375 g/mol. The fourth-order valence-corrected chi connectivity index (χ4v) is 7.63. The highest BCUT2D eigenvalue weighted by atomic mass is 19.1. The van der Waals surface area contributed by atoms with Crippen molar-refractivity contribution in [3.8, 4) is 0 Å². The maximum absolute atomic E-state index is 15.4. The summed E-state index contributed by atoms with van der Waals surface area (Å²) in [6, 6.07) is 8.30. The lowest BCUT2D eigenvalue weighted by molar-refractivity contribution is -0.117. The summed E-state index contributed by atoms with van der Waals surface area (Å²) in [5, 5.41) is 0. The molecule has 1 heterocycles. The molecule has 0 N–H and O–H groups in total. The molecule has 0 radical (unpaired) electrons. The summed E-state index contributed by atoms with van der Waals surface area (Å²) in [6.45, 7) is 4.64. The van der Waals surface area contributed by atoms with Crippen LogP contribution in [-0.2, 0) is 4.79 Å². The number of ketones is 1. The van der Waals surface area contributed by atoms with E-state index in [1.54, 1.807) is 6.08 Å². The maximum atomic E-state index is 15.4. The van der Waals surface area contributed by atoms with E-state index in [0.29, 0.717) is 30.6 Å². The van der Waals surface area contributed by atoms with Crippen molar-refractivity contribution < 1.29 is 9.18 Å². The van der Waals surface area contributed by atoms with Crippen LogP contribution in [0.1, 0.15) is 52.4 Å². The fourth-order valence-electron chi connectivity index (χ4n) is 7.63. The average molecular weight is 405 g/mol. The Balaban J connectivity index is 1.38. The molecule has 156 valence electrons. The number of aromatic nitrogens is 2. The van der Waals surface area contributed by atoms with E-state index in [4.69, 9.17) is 0 Å². The molecule has 0 unspecified atom stereocenters. The number of hydrogen-bond donors (Lipinski definition) is 0. The predicted molar refractivity (Wildman–Crippen MR) is 116 cm³/mol.